The minimum Gasteiger partial charge on any atom is -0.453 e. The lowest BCUT2D eigenvalue weighted by atomic mass is 10.3. The molecule has 2 N–H and O–H groups in total. The van der Waals surface area contributed by atoms with Crippen molar-refractivity contribution in [2.75, 3.05) is 12.4 Å². The number of ether oxygens (including phenoxy) is 1. The van der Waals surface area contributed by atoms with E-state index in [4.69, 9.17) is 12.2 Å². The maximum Gasteiger partial charge on any atom is 0.413 e. The molecule has 2 aromatic rings. The van der Waals surface area contributed by atoms with Gasteiger partial charge in [-0.15, -0.1) is 0 Å². The number of rotatable bonds is 3. The number of nitrogens with one attached hydrogen (secondary N) is 2. The predicted molar refractivity (Wildman–Crippen MR) is 89.3 cm³/mol. The molecule has 0 heterocycles. The minimum atomic E-state index is -1.23. The van der Waals surface area contributed by atoms with Crippen molar-refractivity contribution in [1.29, 1.82) is 0 Å². The first-order chi connectivity index (χ1) is 10.6. The quantitative estimate of drug-likeness (QED) is 0.845. The van der Waals surface area contributed by atoms with Gasteiger partial charge in [-0.05, 0) is 48.6 Å². The molecule has 0 aliphatic carbocycles. The van der Waals surface area contributed by atoms with Crippen molar-refractivity contribution in [1.82, 2.24) is 5.32 Å². The van der Waals surface area contributed by atoms with Gasteiger partial charge in [0.05, 0.1) is 17.9 Å². The first-order valence-corrected chi connectivity index (χ1v) is 7.89. The molecule has 1 atom stereocenters. The number of alkyl carbamates (subject to hydrolysis) is 1. The van der Waals surface area contributed by atoms with E-state index >= 15 is 0 Å². The van der Waals surface area contributed by atoms with Crippen LogP contribution >= 0.6 is 12.2 Å². The van der Waals surface area contributed by atoms with Gasteiger partial charge in [-0.2, -0.15) is 0 Å². The third-order valence-corrected chi connectivity index (χ3v) is 4.29. The van der Waals surface area contributed by atoms with E-state index in [1.807, 2.05) is 30.3 Å². The van der Waals surface area contributed by atoms with Crippen molar-refractivity contribution in [2.24, 2.45) is 0 Å². The summed E-state index contributed by atoms with van der Waals surface area (Å²) in [5.74, 6) is 0. The average Bonchev–Trinajstić information content (AvgIpc) is 2.55. The Morgan fingerprint density at radius 3 is 2.23 bits per heavy atom. The Labute approximate surface area is 136 Å². The Balaban J connectivity index is 2.03. The molecule has 0 aromatic heterocycles. The van der Waals surface area contributed by atoms with Crippen LogP contribution in [0.4, 0.5) is 10.5 Å². The van der Waals surface area contributed by atoms with Gasteiger partial charge in [0.2, 0.25) is 0 Å². The van der Waals surface area contributed by atoms with Gasteiger partial charge in [-0.25, -0.2) is 9.00 Å². The summed E-state index contributed by atoms with van der Waals surface area (Å²) in [5.41, 5.74) is 0.676. The summed E-state index contributed by atoms with van der Waals surface area (Å²) in [6, 6.07) is 16.2. The molecule has 0 radical (unpaired) electrons. The second-order valence-corrected chi connectivity index (χ2v) is 6.07. The van der Waals surface area contributed by atoms with Gasteiger partial charge in [0.1, 0.15) is 0 Å². The number of methoxy groups -OCH3 is 1. The van der Waals surface area contributed by atoms with Gasteiger partial charge < -0.3 is 10.1 Å². The molecule has 0 saturated carbocycles. The van der Waals surface area contributed by atoms with Crippen LogP contribution in [0.5, 0.6) is 0 Å². The monoisotopic (exact) mass is 334 g/mol. The first kappa shape index (κ1) is 16.1. The molecule has 7 heteroatoms. The van der Waals surface area contributed by atoms with E-state index in [0.717, 1.165) is 4.90 Å². The van der Waals surface area contributed by atoms with Crippen molar-refractivity contribution in [2.45, 2.75) is 9.79 Å². The fourth-order valence-electron chi connectivity index (χ4n) is 1.65. The number of amides is 1. The SMILES string of the molecule is COC(=O)NC(=S)Nc1ccc(S(=O)c2ccccc2)cc1. The molecule has 2 aromatic carbocycles. The van der Waals surface area contributed by atoms with Crippen LogP contribution in [-0.4, -0.2) is 22.5 Å². The van der Waals surface area contributed by atoms with Crippen LogP contribution in [0.1, 0.15) is 0 Å². The molecule has 1 amide bonds. The summed E-state index contributed by atoms with van der Waals surface area (Å²) in [6.45, 7) is 0. The second kappa shape index (κ2) is 7.67. The summed E-state index contributed by atoms with van der Waals surface area (Å²) in [4.78, 5) is 12.4. The molecule has 0 aliphatic rings. The van der Waals surface area contributed by atoms with Crippen LogP contribution < -0.4 is 10.6 Å². The van der Waals surface area contributed by atoms with Crippen LogP contribution in [-0.2, 0) is 15.5 Å². The fourth-order valence-corrected chi connectivity index (χ4v) is 2.91. The maximum absolute atomic E-state index is 12.4. The summed E-state index contributed by atoms with van der Waals surface area (Å²) in [6.07, 6.45) is -0.640. The molecule has 114 valence electrons. The lowest BCUT2D eigenvalue weighted by Gasteiger charge is -2.09. The Morgan fingerprint density at radius 1 is 1.05 bits per heavy atom. The zero-order valence-corrected chi connectivity index (χ0v) is 13.4. The number of thiocarbonyl (C=S) groups is 1. The third-order valence-electron chi connectivity index (χ3n) is 2.68. The van der Waals surface area contributed by atoms with Crippen LogP contribution in [0.25, 0.3) is 0 Å². The van der Waals surface area contributed by atoms with Gasteiger partial charge in [-0.3, -0.25) is 5.32 Å². The molecule has 2 rings (SSSR count). The first-order valence-electron chi connectivity index (χ1n) is 6.33. The lowest BCUT2D eigenvalue weighted by Crippen LogP contribution is -2.33. The van der Waals surface area contributed by atoms with Gasteiger partial charge in [0.25, 0.3) is 0 Å². The molecule has 5 nitrogen and oxygen atoms in total. The molecule has 0 fully saturated rings. The highest BCUT2D eigenvalue weighted by molar-refractivity contribution is 7.85. The van der Waals surface area contributed by atoms with Crippen LogP contribution in [0.3, 0.4) is 0 Å². The predicted octanol–water partition coefficient (Wildman–Crippen LogP) is 2.91. The number of benzene rings is 2. The topological polar surface area (TPSA) is 67.4 Å². The van der Waals surface area contributed by atoms with Crippen LogP contribution in [0, 0.1) is 0 Å². The second-order valence-electron chi connectivity index (χ2n) is 4.18. The van der Waals surface area contributed by atoms with Crippen molar-refractivity contribution >= 4 is 39.9 Å². The zero-order chi connectivity index (χ0) is 15.9. The Bertz CT molecular complexity index is 688. The highest BCUT2D eigenvalue weighted by Gasteiger charge is 2.07. The normalized spacial score (nSPS) is 11.3. The fraction of sp³-hybridized carbons (Fsp3) is 0.0667. The van der Waals surface area contributed by atoms with E-state index in [1.165, 1.54) is 7.11 Å². The standard InChI is InChI=1S/C15H14N2O3S2/c1-20-15(18)17-14(21)16-11-7-9-13(10-8-11)22(19)12-5-3-2-4-6-12/h2-10H,1H3,(H2,16,17,18,21). The van der Waals surface area contributed by atoms with Crippen molar-refractivity contribution in [3.8, 4) is 0 Å². The molecular weight excluding hydrogens is 320 g/mol. The van der Waals surface area contributed by atoms with Crippen LogP contribution in [0.15, 0.2) is 64.4 Å². The number of anilines is 1. The molecule has 22 heavy (non-hydrogen) atoms. The van der Waals surface area contributed by atoms with E-state index in [1.54, 1.807) is 24.3 Å². The van der Waals surface area contributed by atoms with E-state index in [-0.39, 0.29) is 5.11 Å². The molecule has 0 spiro atoms. The Morgan fingerprint density at radius 2 is 1.64 bits per heavy atom. The highest BCUT2D eigenvalue weighted by atomic mass is 32.2. The molecule has 0 aliphatic heterocycles. The molecule has 0 bridgehead atoms. The van der Waals surface area contributed by atoms with E-state index < -0.39 is 16.9 Å². The summed E-state index contributed by atoms with van der Waals surface area (Å²) < 4.78 is 16.8. The maximum atomic E-state index is 12.4. The van der Waals surface area contributed by atoms with Crippen molar-refractivity contribution < 1.29 is 13.7 Å². The van der Waals surface area contributed by atoms with Gasteiger partial charge in [-0.1, -0.05) is 18.2 Å². The van der Waals surface area contributed by atoms with E-state index in [0.29, 0.717) is 10.6 Å². The van der Waals surface area contributed by atoms with Gasteiger partial charge >= 0.3 is 6.09 Å². The van der Waals surface area contributed by atoms with Crippen molar-refractivity contribution in [3.63, 3.8) is 0 Å². The third kappa shape index (κ3) is 4.37. The molecular formula is C15H14N2O3S2. The Kier molecular flexibility index (Phi) is 5.62. The van der Waals surface area contributed by atoms with Gasteiger partial charge in [0, 0.05) is 15.5 Å². The van der Waals surface area contributed by atoms with E-state index in [2.05, 4.69) is 15.4 Å². The number of carbonyl (C=O) groups excluding carboxylic acids is 1. The smallest absolute Gasteiger partial charge is 0.413 e. The minimum absolute atomic E-state index is 0.129. The van der Waals surface area contributed by atoms with Gasteiger partial charge in [0.15, 0.2) is 5.11 Å². The zero-order valence-electron chi connectivity index (χ0n) is 11.7. The average molecular weight is 334 g/mol. The summed E-state index contributed by atoms with van der Waals surface area (Å²) in [5, 5.41) is 5.30. The highest BCUT2D eigenvalue weighted by Crippen LogP contribution is 2.18. The number of hydrogen-bond acceptors (Lipinski definition) is 4. The molecule has 1 unspecified atom stereocenters. The number of hydrogen-bond donors (Lipinski definition) is 2. The molecule has 0 saturated heterocycles. The van der Waals surface area contributed by atoms with E-state index in [9.17, 15) is 9.00 Å². The number of carbonyl (C=O) groups is 1. The Hall–Kier alpha value is -2.25. The largest absolute Gasteiger partial charge is 0.453 e. The lowest BCUT2D eigenvalue weighted by molar-refractivity contribution is 0.177. The van der Waals surface area contributed by atoms with Crippen molar-refractivity contribution in [3.05, 3.63) is 54.6 Å². The summed E-state index contributed by atoms with van der Waals surface area (Å²) >= 11 is 4.96. The van der Waals surface area contributed by atoms with Crippen LogP contribution in [0.2, 0.25) is 0 Å². The summed E-state index contributed by atoms with van der Waals surface area (Å²) in [7, 11) is 0.0269.